The summed E-state index contributed by atoms with van der Waals surface area (Å²) in [6.07, 6.45) is 53.1. The Hall–Kier alpha value is -0.810. The van der Waals surface area contributed by atoms with Crippen LogP contribution in [0.15, 0.2) is 0 Å². The summed E-state index contributed by atoms with van der Waals surface area (Å²) < 4.78 is 11.3. The fourth-order valence-corrected chi connectivity index (χ4v) is 10.2. The summed E-state index contributed by atoms with van der Waals surface area (Å²) in [5, 5.41) is 54.5. The van der Waals surface area contributed by atoms with Crippen molar-refractivity contribution in [1.29, 1.82) is 0 Å². The molecule has 0 aromatic rings. The first-order valence-corrected chi connectivity index (χ1v) is 30.2. The van der Waals surface area contributed by atoms with Crippen LogP contribution in [0.4, 0.5) is 0 Å². The van der Waals surface area contributed by atoms with Gasteiger partial charge in [-0.3, -0.25) is 4.79 Å². The Labute approximate surface area is 421 Å². The van der Waals surface area contributed by atoms with Gasteiger partial charge in [-0.05, 0) is 12.8 Å². The Morgan fingerprint density at radius 1 is 0.441 bits per heavy atom. The third kappa shape index (κ3) is 38.8. The minimum absolute atomic E-state index is 0.131. The topological polar surface area (TPSA) is 149 Å². The number of carbonyl (C=O) groups is 1. The molecule has 2 unspecified atom stereocenters. The molecule has 7 atom stereocenters. The van der Waals surface area contributed by atoms with Crippen molar-refractivity contribution in [1.82, 2.24) is 5.32 Å². The zero-order chi connectivity index (χ0) is 49.4. The molecule has 1 aliphatic rings. The Bertz CT molecular complexity index is 1030. The summed E-state index contributed by atoms with van der Waals surface area (Å²) in [6.45, 7) is 3.87. The first-order valence-electron chi connectivity index (χ1n) is 30.2. The first-order chi connectivity index (χ1) is 33.3. The SMILES string of the molecule is CCCCCCCCCCCCCCCCCCCCCCCCCCCCCCCCCCCC(=O)N[C@@H](CO[C@@H]1O[C@H](CO)[C@H](O)C(O)C1O)[C@H](O)CCCCCCCCCCCCCC. The highest BCUT2D eigenvalue weighted by molar-refractivity contribution is 5.76. The molecule has 9 heteroatoms. The summed E-state index contributed by atoms with van der Waals surface area (Å²) in [6, 6.07) is -0.712. The zero-order valence-corrected chi connectivity index (χ0v) is 45.2. The molecule has 6 N–H and O–H groups in total. The fraction of sp³-hybridized carbons (Fsp3) is 0.983. The second-order valence-corrected chi connectivity index (χ2v) is 21.5. The van der Waals surface area contributed by atoms with Gasteiger partial charge in [0.2, 0.25) is 5.91 Å². The minimum atomic E-state index is -1.55. The van der Waals surface area contributed by atoms with Gasteiger partial charge < -0.3 is 40.3 Å². The largest absolute Gasteiger partial charge is 0.394 e. The predicted octanol–water partition coefficient (Wildman–Crippen LogP) is 15.0. The molecule has 1 fully saturated rings. The number of aliphatic hydroxyl groups is 5. The number of amides is 1. The van der Waals surface area contributed by atoms with Crippen molar-refractivity contribution in [3.63, 3.8) is 0 Å². The van der Waals surface area contributed by atoms with Crippen molar-refractivity contribution >= 4 is 5.91 Å². The highest BCUT2D eigenvalue weighted by Gasteiger charge is 2.44. The monoisotopic (exact) mass is 968 g/mol. The van der Waals surface area contributed by atoms with Gasteiger partial charge >= 0.3 is 0 Å². The number of rotatable bonds is 53. The maximum atomic E-state index is 13.0. The summed E-state index contributed by atoms with van der Waals surface area (Å²) in [5.74, 6) is -0.137. The summed E-state index contributed by atoms with van der Waals surface area (Å²) >= 11 is 0. The molecule has 9 nitrogen and oxygen atoms in total. The Morgan fingerprint density at radius 3 is 1.04 bits per heavy atom. The first kappa shape index (κ1) is 65.2. The summed E-state index contributed by atoms with van der Waals surface area (Å²) in [5.41, 5.74) is 0. The van der Waals surface area contributed by atoms with Gasteiger partial charge in [-0.25, -0.2) is 0 Å². The molecule has 0 radical (unpaired) electrons. The molecule has 0 saturated carbocycles. The number of carbonyl (C=O) groups excluding carboxylic acids is 1. The smallest absolute Gasteiger partial charge is 0.220 e. The molecule has 0 aromatic carbocycles. The number of hydrogen-bond acceptors (Lipinski definition) is 8. The maximum Gasteiger partial charge on any atom is 0.220 e. The van der Waals surface area contributed by atoms with E-state index in [1.807, 2.05) is 0 Å². The molecular formula is C59H117NO8. The molecule has 68 heavy (non-hydrogen) atoms. The molecule has 406 valence electrons. The lowest BCUT2D eigenvalue weighted by Gasteiger charge is -2.40. The maximum absolute atomic E-state index is 13.0. The number of unbranched alkanes of at least 4 members (excludes halogenated alkanes) is 43. The molecule has 1 amide bonds. The Kier molecular flexibility index (Phi) is 47.7. The van der Waals surface area contributed by atoms with Gasteiger partial charge in [-0.2, -0.15) is 0 Å². The molecule has 1 saturated heterocycles. The third-order valence-corrected chi connectivity index (χ3v) is 15.0. The van der Waals surface area contributed by atoms with E-state index in [0.29, 0.717) is 12.8 Å². The van der Waals surface area contributed by atoms with Gasteiger partial charge in [0.1, 0.15) is 24.4 Å². The van der Waals surface area contributed by atoms with E-state index in [2.05, 4.69) is 19.2 Å². The van der Waals surface area contributed by atoms with Crippen LogP contribution in [-0.4, -0.2) is 87.5 Å². The van der Waals surface area contributed by atoms with Gasteiger partial charge in [0.15, 0.2) is 6.29 Å². The van der Waals surface area contributed by atoms with E-state index >= 15 is 0 Å². The molecule has 1 aliphatic heterocycles. The third-order valence-electron chi connectivity index (χ3n) is 15.0. The van der Waals surface area contributed by atoms with Crippen LogP contribution in [0.3, 0.4) is 0 Å². The second-order valence-electron chi connectivity index (χ2n) is 21.5. The van der Waals surface area contributed by atoms with Gasteiger partial charge in [0.05, 0.1) is 25.4 Å². The van der Waals surface area contributed by atoms with Crippen molar-refractivity contribution < 1.29 is 39.8 Å². The van der Waals surface area contributed by atoms with Crippen LogP contribution in [0.5, 0.6) is 0 Å². The second kappa shape index (κ2) is 49.8. The quantitative estimate of drug-likeness (QED) is 0.0330. The molecular weight excluding hydrogens is 851 g/mol. The molecule has 0 aliphatic carbocycles. The highest BCUT2D eigenvalue weighted by Crippen LogP contribution is 2.24. The fourth-order valence-electron chi connectivity index (χ4n) is 10.2. The van der Waals surface area contributed by atoms with Gasteiger partial charge in [0, 0.05) is 6.42 Å². The van der Waals surface area contributed by atoms with Crippen LogP contribution in [0.1, 0.15) is 316 Å². The molecule has 1 rings (SSSR count). The van der Waals surface area contributed by atoms with Crippen molar-refractivity contribution in [2.24, 2.45) is 0 Å². The lowest BCUT2D eigenvalue weighted by molar-refractivity contribution is -0.302. The highest BCUT2D eigenvalue weighted by atomic mass is 16.7. The normalized spacial score (nSPS) is 19.4. The number of hydrogen-bond donors (Lipinski definition) is 6. The zero-order valence-electron chi connectivity index (χ0n) is 45.2. The lowest BCUT2D eigenvalue weighted by atomic mass is 9.99. The van der Waals surface area contributed by atoms with Gasteiger partial charge in [-0.1, -0.05) is 296 Å². The Morgan fingerprint density at radius 2 is 0.735 bits per heavy atom. The molecule has 0 spiro atoms. The standard InChI is InChI=1S/C59H117NO8/c1-3-5-7-9-11-13-15-17-18-19-20-21-22-23-24-25-26-27-28-29-30-31-32-33-34-35-36-37-39-41-43-45-47-49-55(63)60-52(51-67-59-58(66)57(65)56(64)54(50-61)68-59)53(62)48-46-44-42-40-38-16-14-12-10-8-6-4-2/h52-54,56-59,61-62,64-66H,3-51H2,1-2H3,(H,60,63)/t52-,53+,54+,56-,57?,58?,59+/m0/s1. The predicted molar refractivity (Wildman–Crippen MR) is 286 cm³/mol. The van der Waals surface area contributed by atoms with Crippen molar-refractivity contribution in [2.75, 3.05) is 13.2 Å². The van der Waals surface area contributed by atoms with E-state index in [-0.39, 0.29) is 12.5 Å². The van der Waals surface area contributed by atoms with Crippen molar-refractivity contribution in [2.45, 2.75) is 358 Å². The van der Waals surface area contributed by atoms with Crippen molar-refractivity contribution in [3.05, 3.63) is 0 Å². The van der Waals surface area contributed by atoms with E-state index in [1.54, 1.807) is 0 Å². The number of nitrogens with one attached hydrogen (secondary N) is 1. The van der Waals surface area contributed by atoms with Crippen LogP contribution in [-0.2, 0) is 14.3 Å². The Balaban J connectivity index is 2.05. The van der Waals surface area contributed by atoms with Crippen molar-refractivity contribution in [3.8, 4) is 0 Å². The lowest BCUT2D eigenvalue weighted by Crippen LogP contribution is -2.60. The average Bonchev–Trinajstić information content (AvgIpc) is 3.34. The van der Waals surface area contributed by atoms with Crippen LogP contribution in [0, 0.1) is 0 Å². The molecule has 0 bridgehead atoms. The summed E-state index contributed by atoms with van der Waals surface area (Å²) in [7, 11) is 0. The van der Waals surface area contributed by atoms with E-state index < -0.39 is 49.5 Å². The molecule has 1 heterocycles. The number of aliphatic hydroxyl groups excluding tert-OH is 5. The van der Waals surface area contributed by atoms with Gasteiger partial charge in [-0.15, -0.1) is 0 Å². The van der Waals surface area contributed by atoms with E-state index in [4.69, 9.17) is 9.47 Å². The van der Waals surface area contributed by atoms with E-state index in [0.717, 1.165) is 38.5 Å². The van der Waals surface area contributed by atoms with Crippen LogP contribution >= 0.6 is 0 Å². The van der Waals surface area contributed by atoms with E-state index in [1.165, 1.54) is 250 Å². The van der Waals surface area contributed by atoms with Crippen LogP contribution < -0.4 is 5.32 Å². The molecule has 0 aromatic heterocycles. The van der Waals surface area contributed by atoms with Crippen LogP contribution in [0.2, 0.25) is 0 Å². The minimum Gasteiger partial charge on any atom is -0.394 e. The van der Waals surface area contributed by atoms with E-state index in [9.17, 15) is 30.3 Å². The van der Waals surface area contributed by atoms with Gasteiger partial charge in [0.25, 0.3) is 0 Å². The number of ether oxygens (including phenoxy) is 2. The summed E-state index contributed by atoms with van der Waals surface area (Å²) in [4.78, 5) is 13.0. The van der Waals surface area contributed by atoms with Crippen LogP contribution in [0.25, 0.3) is 0 Å². The average molecular weight is 969 g/mol.